The average Bonchev–Trinajstić information content (AvgIpc) is 2.55. The van der Waals surface area contributed by atoms with Crippen molar-refractivity contribution in [1.29, 1.82) is 0 Å². The SMILES string of the molecule is SCCCCCCCCCS.Sc1ccc2cc(S)ccc2c1. The summed E-state index contributed by atoms with van der Waals surface area (Å²) >= 11 is 16.9. The Bertz CT molecular complexity index is 505. The van der Waals surface area contributed by atoms with Gasteiger partial charge in [-0.1, -0.05) is 44.2 Å². The van der Waals surface area contributed by atoms with Crippen LogP contribution >= 0.6 is 50.5 Å². The Hall–Kier alpha value is 0.1000. The first-order valence-corrected chi connectivity index (χ1v) is 10.5. The summed E-state index contributed by atoms with van der Waals surface area (Å²) in [6.07, 6.45) is 9.50. The van der Waals surface area contributed by atoms with Gasteiger partial charge in [-0.2, -0.15) is 25.3 Å². The maximum Gasteiger partial charge on any atom is 0.00463 e. The molecule has 0 saturated heterocycles. The summed E-state index contributed by atoms with van der Waals surface area (Å²) in [7, 11) is 0. The first-order chi connectivity index (χ1) is 11.2. The van der Waals surface area contributed by atoms with E-state index >= 15 is 0 Å². The van der Waals surface area contributed by atoms with Crippen molar-refractivity contribution in [3.8, 4) is 0 Å². The van der Waals surface area contributed by atoms with Crippen molar-refractivity contribution < 1.29 is 0 Å². The molecule has 23 heavy (non-hydrogen) atoms. The van der Waals surface area contributed by atoms with Crippen LogP contribution in [0.2, 0.25) is 0 Å². The zero-order valence-electron chi connectivity index (χ0n) is 13.6. The van der Waals surface area contributed by atoms with Gasteiger partial charge in [-0.25, -0.2) is 0 Å². The number of thiol groups is 4. The molecular formula is C19H28S4. The van der Waals surface area contributed by atoms with Crippen LogP contribution in [0.3, 0.4) is 0 Å². The molecule has 0 aliphatic carbocycles. The van der Waals surface area contributed by atoms with Crippen molar-refractivity contribution in [3.63, 3.8) is 0 Å². The minimum Gasteiger partial charge on any atom is -0.179 e. The van der Waals surface area contributed by atoms with E-state index in [2.05, 4.69) is 62.6 Å². The molecular weight excluding hydrogens is 356 g/mol. The number of rotatable bonds is 8. The van der Waals surface area contributed by atoms with Crippen molar-refractivity contribution in [3.05, 3.63) is 36.4 Å². The lowest BCUT2D eigenvalue weighted by atomic mass is 10.1. The molecule has 2 rings (SSSR count). The molecule has 0 aliphatic rings. The lowest BCUT2D eigenvalue weighted by molar-refractivity contribution is 0.606. The predicted molar refractivity (Wildman–Crippen MR) is 118 cm³/mol. The molecule has 0 bridgehead atoms. The van der Waals surface area contributed by atoms with Crippen LogP contribution in [-0.2, 0) is 0 Å². The summed E-state index contributed by atoms with van der Waals surface area (Å²) in [4.78, 5) is 1.99. The van der Waals surface area contributed by atoms with Crippen LogP contribution in [0.1, 0.15) is 44.9 Å². The zero-order valence-corrected chi connectivity index (χ0v) is 17.2. The van der Waals surface area contributed by atoms with Gasteiger partial charge in [0.05, 0.1) is 0 Å². The third-order valence-corrected chi connectivity index (χ3v) is 4.81. The highest BCUT2D eigenvalue weighted by Gasteiger charge is 1.93. The van der Waals surface area contributed by atoms with Gasteiger partial charge < -0.3 is 0 Å². The van der Waals surface area contributed by atoms with Crippen LogP contribution in [-0.4, -0.2) is 11.5 Å². The molecule has 2 aromatic carbocycles. The summed E-state index contributed by atoms with van der Waals surface area (Å²) < 4.78 is 0. The van der Waals surface area contributed by atoms with Gasteiger partial charge in [0.25, 0.3) is 0 Å². The molecule has 0 amide bonds. The summed E-state index contributed by atoms with van der Waals surface area (Å²) in [6.45, 7) is 0. The molecule has 0 heterocycles. The first kappa shape index (κ1) is 21.1. The largest absolute Gasteiger partial charge is 0.179 e. The van der Waals surface area contributed by atoms with Gasteiger partial charge in [0.2, 0.25) is 0 Å². The van der Waals surface area contributed by atoms with Crippen LogP contribution < -0.4 is 0 Å². The van der Waals surface area contributed by atoms with Crippen LogP contribution in [0.5, 0.6) is 0 Å². The molecule has 0 aromatic heterocycles. The molecule has 4 heteroatoms. The highest BCUT2D eigenvalue weighted by Crippen LogP contribution is 2.20. The van der Waals surface area contributed by atoms with Crippen LogP contribution in [0.15, 0.2) is 46.2 Å². The monoisotopic (exact) mass is 384 g/mol. The minimum atomic E-state index is 0.995. The van der Waals surface area contributed by atoms with E-state index in [1.54, 1.807) is 0 Å². The Balaban J connectivity index is 0.000000232. The van der Waals surface area contributed by atoms with E-state index in [9.17, 15) is 0 Å². The first-order valence-electron chi connectivity index (χ1n) is 8.31. The van der Waals surface area contributed by atoms with Crippen LogP contribution in [0, 0.1) is 0 Å². The fourth-order valence-electron chi connectivity index (χ4n) is 2.33. The molecule has 0 fully saturated rings. The molecule has 0 N–H and O–H groups in total. The van der Waals surface area contributed by atoms with Gasteiger partial charge in [0.1, 0.15) is 0 Å². The van der Waals surface area contributed by atoms with E-state index in [0.717, 1.165) is 21.3 Å². The van der Waals surface area contributed by atoms with Gasteiger partial charge in [0, 0.05) is 9.79 Å². The summed E-state index contributed by atoms with van der Waals surface area (Å²) in [6, 6.07) is 12.2. The molecule has 2 aromatic rings. The molecule has 0 atom stereocenters. The standard InChI is InChI=1S/C10H8S2.C9H20S2/c11-9-3-1-7-5-10(12)4-2-8(7)6-9;10-8-6-4-2-1-3-5-7-9-11/h1-6,11-12H;10-11H,1-9H2. The van der Waals surface area contributed by atoms with E-state index in [1.807, 2.05) is 24.3 Å². The third kappa shape index (κ3) is 9.85. The number of benzene rings is 2. The highest BCUT2D eigenvalue weighted by molar-refractivity contribution is 7.80. The second kappa shape index (κ2) is 13.4. The van der Waals surface area contributed by atoms with Crippen molar-refractivity contribution in [2.45, 2.75) is 54.7 Å². The lowest BCUT2D eigenvalue weighted by Crippen LogP contribution is -1.81. The van der Waals surface area contributed by atoms with Gasteiger partial charge in [-0.15, -0.1) is 25.3 Å². The fraction of sp³-hybridized carbons (Fsp3) is 0.474. The molecule has 0 saturated carbocycles. The lowest BCUT2D eigenvalue weighted by Gasteiger charge is -1.99. The van der Waals surface area contributed by atoms with Crippen molar-refractivity contribution >= 4 is 61.3 Å². The van der Waals surface area contributed by atoms with Crippen molar-refractivity contribution in [2.75, 3.05) is 11.5 Å². The molecule has 0 radical (unpaired) electrons. The molecule has 0 nitrogen and oxygen atoms in total. The molecule has 0 unspecified atom stereocenters. The Morgan fingerprint density at radius 3 is 1.22 bits per heavy atom. The van der Waals surface area contributed by atoms with Gasteiger partial charge >= 0.3 is 0 Å². The minimum absolute atomic E-state index is 0.995. The zero-order chi connectivity index (χ0) is 16.9. The fourth-order valence-corrected chi connectivity index (χ4v) is 3.20. The van der Waals surface area contributed by atoms with Crippen molar-refractivity contribution in [1.82, 2.24) is 0 Å². The predicted octanol–water partition coefficient (Wildman–Crippen LogP) is 6.99. The average molecular weight is 385 g/mol. The second-order valence-corrected chi connectivity index (χ2v) is 7.57. The smallest absolute Gasteiger partial charge is 0.00463 e. The highest BCUT2D eigenvalue weighted by atomic mass is 32.1. The number of unbranched alkanes of at least 4 members (excludes halogenated alkanes) is 6. The second-order valence-electron chi connectivity index (χ2n) is 5.64. The maximum atomic E-state index is 4.27. The Morgan fingerprint density at radius 2 is 0.870 bits per heavy atom. The van der Waals surface area contributed by atoms with Gasteiger partial charge in [-0.05, 0) is 59.4 Å². The Morgan fingerprint density at radius 1 is 0.522 bits per heavy atom. The Kier molecular flexibility index (Phi) is 12.3. The summed E-state index contributed by atoms with van der Waals surface area (Å²) in [5.41, 5.74) is 0. The third-order valence-electron chi connectivity index (χ3n) is 3.62. The summed E-state index contributed by atoms with van der Waals surface area (Å²) in [5, 5.41) is 2.42. The number of hydrogen-bond acceptors (Lipinski definition) is 4. The topological polar surface area (TPSA) is 0 Å². The quantitative estimate of drug-likeness (QED) is 0.273. The van der Waals surface area contributed by atoms with E-state index < -0.39 is 0 Å². The molecule has 128 valence electrons. The summed E-state index contributed by atoms with van der Waals surface area (Å²) in [5.74, 6) is 2.10. The Labute approximate surface area is 163 Å². The molecule has 0 spiro atoms. The van der Waals surface area contributed by atoms with E-state index in [4.69, 9.17) is 0 Å². The van der Waals surface area contributed by atoms with Crippen LogP contribution in [0.4, 0.5) is 0 Å². The normalized spacial score (nSPS) is 10.4. The maximum absolute atomic E-state index is 4.27. The number of fused-ring (bicyclic) bond motifs is 1. The molecule has 0 aliphatic heterocycles. The van der Waals surface area contributed by atoms with Crippen molar-refractivity contribution in [2.24, 2.45) is 0 Å². The van der Waals surface area contributed by atoms with Gasteiger partial charge in [-0.3, -0.25) is 0 Å². The van der Waals surface area contributed by atoms with E-state index in [0.29, 0.717) is 0 Å². The van der Waals surface area contributed by atoms with Gasteiger partial charge in [0.15, 0.2) is 0 Å². The number of hydrogen-bond donors (Lipinski definition) is 4. The van der Waals surface area contributed by atoms with E-state index in [1.165, 1.54) is 55.7 Å². The van der Waals surface area contributed by atoms with E-state index in [-0.39, 0.29) is 0 Å². The van der Waals surface area contributed by atoms with Crippen LogP contribution in [0.25, 0.3) is 10.8 Å².